The average Bonchev–Trinajstić information content (AvgIpc) is 2.48. The summed E-state index contributed by atoms with van der Waals surface area (Å²) in [6.07, 6.45) is 1.83. The van der Waals surface area contributed by atoms with Crippen molar-refractivity contribution in [3.05, 3.63) is 65.9 Å². The van der Waals surface area contributed by atoms with E-state index in [1.165, 1.54) is 5.56 Å². The Hall–Kier alpha value is -2.55. The minimum atomic E-state index is 0.708. The van der Waals surface area contributed by atoms with Gasteiger partial charge in [0.2, 0.25) is 0 Å². The molecule has 0 spiro atoms. The van der Waals surface area contributed by atoms with E-state index in [1.807, 2.05) is 36.5 Å². The van der Waals surface area contributed by atoms with E-state index >= 15 is 0 Å². The van der Waals surface area contributed by atoms with Gasteiger partial charge in [0.1, 0.15) is 0 Å². The number of rotatable bonds is 3. The molecular weight excluding hydrogens is 246 g/mol. The number of nitrogens with two attached hydrogens (primary N) is 1. The van der Waals surface area contributed by atoms with E-state index in [4.69, 9.17) is 5.73 Å². The summed E-state index contributed by atoms with van der Waals surface area (Å²) in [5.74, 6) is 0. The van der Waals surface area contributed by atoms with E-state index in [1.54, 1.807) is 0 Å². The van der Waals surface area contributed by atoms with Crippen LogP contribution in [0.2, 0.25) is 0 Å². The number of fused-ring (bicyclic) bond motifs is 1. The van der Waals surface area contributed by atoms with Crippen molar-refractivity contribution in [2.45, 2.75) is 13.5 Å². The fourth-order valence-corrected chi connectivity index (χ4v) is 2.35. The second-order valence-electron chi connectivity index (χ2n) is 4.88. The van der Waals surface area contributed by atoms with Crippen molar-refractivity contribution in [1.29, 1.82) is 0 Å². The quantitative estimate of drug-likeness (QED) is 0.708. The number of aryl methyl sites for hydroxylation is 1. The van der Waals surface area contributed by atoms with E-state index < -0.39 is 0 Å². The second-order valence-corrected chi connectivity index (χ2v) is 4.88. The average molecular weight is 263 g/mol. The molecule has 0 fully saturated rings. The first-order valence-corrected chi connectivity index (χ1v) is 6.67. The Morgan fingerprint density at radius 1 is 1.05 bits per heavy atom. The van der Waals surface area contributed by atoms with Gasteiger partial charge in [-0.1, -0.05) is 24.3 Å². The molecule has 0 amide bonds. The molecule has 3 aromatic rings. The first-order valence-electron chi connectivity index (χ1n) is 6.67. The van der Waals surface area contributed by atoms with Crippen LogP contribution in [-0.4, -0.2) is 4.98 Å². The van der Waals surface area contributed by atoms with Gasteiger partial charge in [-0.15, -0.1) is 0 Å². The Balaban J connectivity index is 1.92. The highest BCUT2D eigenvalue weighted by molar-refractivity contribution is 5.93. The predicted octanol–water partition coefficient (Wildman–Crippen LogP) is 3.74. The zero-order valence-corrected chi connectivity index (χ0v) is 11.4. The topological polar surface area (TPSA) is 50.9 Å². The smallest absolute Gasteiger partial charge is 0.0751 e. The van der Waals surface area contributed by atoms with Crippen LogP contribution in [0.1, 0.15) is 11.1 Å². The van der Waals surface area contributed by atoms with Crippen molar-refractivity contribution >= 4 is 22.3 Å². The fraction of sp³-hybridized carbons (Fsp3) is 0.118. The molecule has 0 aliphatic heterocycles. The predicted molar refractivity (Wildman–Crippen MR) is 84.7 cm³/mol. The van der Waals surface area contributed by atoms with Crippen LogP contribution in [-0.2, 0) is 6.54 Å². The van der Waals surface area contributed by atoms with Crippen molar-refractivity contribution in [2.75, 3.05) is 11.1 Å². The molecule has 0 atom stereocenters. The Bertz CT molecular complexity index is 750. The molecule has 3 nitrogen and oxygen atoms in total. The summed E-state index contributed by atoms with van der Waals surface area (Å²) >= 11 is 0. The summed E-state index contributed by atoms with van der Waals surface area (Å²) in [5.41, 5.74) is 11.2. The number of pyridine rings is 1. The summed E-state index contributed by atoms with van der Waals surface area (Å²) in [6, 6.07) is 16.1. The molecule has 1 aromatic heterocycles. The minimum Gasteiger partial charge on any atom is -0.398 e. The summed E-state index contributed by atoms with van der Waals surface area (Å²) < 4.78 is 0. The third-order valence-corrected chi connectivity index (χ3v) is 3.50. The number of nitrogen functional groups attached to an aromatic ring is 1. The van der Waals surface area contributed by atoms with Crippen LogP contribution in [0.15, 0.2) is 54.7 Å². The van der Waals surface area contributed by atoms with Gasteiger partial charge in [0.25, 0.3) is 0 Å². The summed E-state index contributed by atoms with van der Waals surface area (Å²) in [7, 11) is 0. The Morgan fingerprint density at radius 3 is 2.75 bits per heavy atom. The Morgan fingerprint density at radius 2 is 1.90 bits per heavy atom. The van der Waals surface area contributed by atoms with Gasteiger partial charge in [0, 0.05) is 29.5 Å². The molecule has 3 N–H and O–H groups in total. The summed E-state index contributed by atoms with van der Waals surface area (Å²) in [6.45, 7) is 2.79. The van der Waals surface area contributed by atoms with Gasteiger partial charge in [0.15, 0.2) is 0 Å². The molecule has 0 radical (unpaired) electrons. The molecule has 0 bridgehead atoms. The molecule has 2 aromatic carbocycles. The largest absolute Gasteiger partial charge is 0.398 e. The number of nitrogens with zero attached hydrogens (tertiary/aromatic N) is 1. The number of hydrogen-bond donors (Lipinski definition) is 2. The van der Waals surface area contributed by atoms with Crippen LogP contribution < -0.4 is 11.1 Å². The lowest BCUT2D eigenvalue weighted by Gasteiger charge is -2.12. The number of hydrogen-bond acceptors (Lipinski definition) is 3. The highest BCUT2D eigenvalue weighted by atomic mass is 14.9. The number of para-hydroxylation sites is 1. The molecule has 0 unspecified atom stereocenters. The molecule has 3 heteroatoms. The second kappa shape index (κ2) is 5.21. The number of nitrogens with one attached hydrogen (secondary N) is 1. The Labute approximate surface area is 118 Å². The SMILES string of the molecule is Cc1ccc(NCc2ccccc2N)c2cccnc12. The van der Waals surface area contributed by atoms with Gasteiger partial charge >= 0.3 is 0 Å². The highest BCUT2D eigenvalue weighted by Gasteiger charge is 2.04. The third-order valence-electron chi connectivity index (χ3n) is 3.50. The number of aromatic nitrogens is 1. The molecule has 3 rings (SSSR count). The van der Waals surface area contributed by atoms with E-state index in [0.29, 0.717) is 6.54 Å². The zero-order chi connectivity index (χ0) is 13.9. The third kappa shape index (κ3) is 2.30. The van der Waals surface area contributed by atoms with Crippen molar-refractivity contribution in [3.63, 3.8) is 0 Å². The van der Waals surface area contributed by atoms with Crippen molar-refractivity contribution in [2.24, 2.45) is 0 Å². The lowest BCUT2D eigenvalue weighted by atomic mass is 10.1. The molecule has 100 valence electrons. The maximum Gasteiger partial charge on any atom is 0.0751 e. The number of benzene rings is 2. The molecule has 0 saturated carbocycles. The van der Waals surface area contributed by atoms with E-state index in [0.717, 1.165) is 27.8 Å². The van der Waals surface area contributed by atoms with E-state index in [-0.39, 0.29) is 0 Å². The number of anilines is 2. The normalized spacial score (nSPS) is 10.7. The van der Waals surface area contributed by atoms with Crippen molar-refractivity contribution in [1.82, 2.24) is 4.98 Å². The van der Waals surface area contributed by atoms with Crippen LogP contribution in [0.5, 0.6) is 0 Å². The fourth-order valence-electron chi connectivity index (χ4n) is 2.35. The molecular formula is C17H17N3. The lowest BCUT2D eigenvalue weighted by Crippen LogP contribution is -2.03. The highest BCUT2D eigenvalue weighted by Crippen LogP contribution is 2.25. The monoisotopic (exact) mass is 263 g/mol. The minimum absolute atomic E-state index is 0.708. The standard InChI is InChI=1S/C17H17N3/c1-12-8-9-16(14-6-4-10-19-17(12)14)20-11-13-5-2-3-7-15(13)18/h2-10,20H,11,18H2,1H3. The van der Waals surface area contributed by atoms with Gasteiger partial charge in [-0.05, 0) is 42.3 Å². The van der Waals surface area contributed by atoms with Crippen LogP contribution in [0, 0.1) is 6.92 Å². The van der Waals surface area contributed by atoms with Crippen LogP contribution in [0.25, 0.3) is 10.9 Å². The molecule has 1 heterocycles. The Kier molecular flexibility index (Phi) is 3.25. The van der Waals surface area contributed by atoms with E-state index in [2.05, 4.69) is 35.4 Å². The van der Waals surface area contributed by atoms with Gasteiger partial charge < -0.3 is 11.1 Å². The van der Waals surface area contributed by atoms with Crippen molar-refractivity contribution < 1.29 is 0 Å². The van der Waals surface area contributed by atoms with Gasteiger partial charge in [-0.2, -0.15) is 0 Å². The van der Waals surface area contributed by atoms with Gasteiger partial charge in [0.05, 0.1) is 5.52 Å². The van der Waals surface area contributed by atoms with E-state index in [9.17, 15) is 0 Å². The maximum absolute atomic E-state index is 5.97. The van der Waals surface area contributed by atoms with Crippen LogP contribution >= 0.6 is 0 Å². The summed E-state index contributed by atoms with van der Waals surface area (Å²) in [5, 5.41) is 4.59. The lowest BCUT2D eigenvalue weighted by molar-refractivity contribution is 1.16. The summed E-state index contributed by atoms with van der Waals surface area (Å²) in [4.78, 5) is 4.45. The maximum atomic E-state index is 5.97. The molecule has 0 saturated heterocycles. The molecule has 20 heavy (non-hydrogen) atoms. The first kappa shape index (κ1) is 12.5. The van der Waals surface area contributed by atoms with Gasteiger partial charge in [-0.25, -0.2) is 0 Å². The van der Waals surface area contributed by atoms with Gasteiger partial charge in [-0.3, -0.25) is 4.98 Å². The first-order chi connectivity index (χ1) is 9.75. The van der Waals surface area contributed by atoms with Crippen LogP contribution in [0.3, 0.4) is 0 Å². The van der Waals surface area contributed by atoms with Crippen LogP contribution in [0.4, 0.5) is 11.4 Å². The molecule has 0 aliphatic rings. The molecule has 0 aliphatic carbocycles. The van der Waals surface area contributed by atoms with Crippen molar-refractivity contribution in [3.8, 4) is 0 Å². The zero-order valence-electron chi connectivity index (χ0n) is 11.4.